The summed E-state index contributed by atoms with van der Waals surface area (Å²) in [6.07, 6.45) is 2.97. The minimum Gasteiger partial charge on any atom is -0.384 e. The Kier molecular flexibility index (Phi) is 8.32. The molecule has 0 bridgehead atoms. The van der Waals surface area contributed by atoms with Crippen molar-refractivity contribution in [3.63, 3.8) is 0 Å². The monoisotopic (exact) mass is 508 g/mol. The van der Waals surface area contributed by atoms with E-state index in [1.165, 1.54) is 0 Å². The summed E-state index contributed by atoms with van der Waals surface area (Å²) in [5.74, 6) is 1.41. The van der Waals surface area contributed by atoms with Crippen molar-refractivity contribution in [3.8, 4) is 0 Å². The molecular formula is C18H29IN4O3S. The van der Waals surface area contributed by atoms with Gasteiger partial charge in [-0.25, -0.2) is 13.1 Å². The van der Waals surface area contributed by atoms with Crippen molar-refractivity contribution in [1.29, 1.82) is 0 Å². The molecule has 152 valence electrons. The maximum absolute atomic E-state index is 12.2. The highest BCUT2D eigenvalue weighted by atomic mass is 127. The second-order valence-corrected chi connectivity index (χ2v) is 8.71. The standard InChI is InChI=1S/C18H28N4O3S.HI/c1-19-18(22-10-9-15(12-22)13-25-2)20-11-14-3-7-17(8-4-14)26(23,24)21-16-5-6-16;/h3-4,7-8,15-16,21H,5-6,9-13H2,1-2H3,(H,19,20);1H. The van der Waals surface area contributed by atoms with Gasteiger partial charge in [-0.3, -0.25) is 4.99 Å². The van der Waals surface area contributed by atoms with Crippen LogP contribution in [-0.4, -0.2) is 59.2 Å². The third kappa shape index (κ3) is 6.30. The van der Waals surface area contributed by atoms with Crippen molar-refractivity contribution in [2.24, 2.45) is 10.9 Å². The van der Waals surface area contributed by atoms with Crippen LogP contribution in [0.4, 0.5) is 0 Å². The molecule has 27 heavy (non-hydrogen) atoms. The first kappa shape index (κ1) is 22.4. The zero-order valence-corrected chi connectivity index (χ0v) is 19.0. The highest BCUT2D eigenvalue weighted by Gasteiger charge is 2.28. The quantitative estimate of drug-likeness (QED) is 0.334. The van der Waals surface area contributed by atoms with E-state index in [4.69, 9.17) is 4.74 Å². The van der Waals surface area contributed by atoms with Crippen LogP contribution in [-0.2, 0) is 21.3 Å². The van der Waals surface area contributed by atoms with Crippen LogP contribution >= 0.6 is 24.0 Å². The predicted octanol–water partition coefficient (Wildman–Crippen LogP) is 1.79. The number of benzene rings is 1. The Hall–Kier alpha value is -0.910. The summed E-state index contributed by atoms with van der Waals surface area (Å²) in [6, 6.07) is 7.13. The number of nitrogens with zero attached hydrogens (tertiary/aromatic N) is 2. The van der Waals surface area contributed by atoms with Gasteiger partial charge in [0.25, 0.3) is 0 Å². The molecule has 3 rings (SSSR count). The molecule has 1 aromatic rings. The predicted molar refractivity (Wildman–Crippen MR) is 117 cm³/mol. The molecule has 1 aliphatic carbocycles. The second kappa shape index (κ2) is 10.0. The number of guanidine groups is 1. The molecule has 9 heteroatoms. The molecule has 7 nitrogen and oxygen atoms in total. The Morgan fingerprint density at radius 1 is 1.26 bits per heavy atom. The number of aliphatic imine (C=N–C) groups is 1. The highest BCUT2D eigenvalue weighted by Crippen LogP contribution is 2.22. The number of likely N-dealkylation sites (tertiary alicyclic amines) is 1. The van der Waals surface area contributed by atoms with Gasteiger partial charge in [-0.15, -0.1) is 24.0 Å². The van der Waals surface area contributed by atoms with Crippen LogP contribution in [0.1, 0.15) is 24.8 Å². The average molecular weight is 508 g/mol. The van der Waals surface area contributed by atoms with Crippen LogP contribution in [0.5, 0.6) is 0 Å². The lowest BCUT2D eigenvalue weighted by Gasteiger charge is -2.21. The lowest BCUT2D eigenvalue weighted by molar-refractivity contribution is 0.157. The molecule has 1 saturated heterocycles. The van der Waals surface area contributed by atoms with Crippen molar-refractivity contribution in [3.05, 3.63) is 29.8 Å². The van der Waals surface area contributed by atoms with Crippen molar-refractivity contribution in [2.45, 2.75) is 36.7 Å². The van der Waals surface area contributed by atoms with E-state index >= 15 is 0 Å². The first-order valence-electron chi connectivity index (χ1n) is 9.07. The summed E-state index contributed by atoms with van der Waals surface area (Å²) < 4.78 is 32.3. The smallest absolute Gasteiger partial charge is 0.240 e. The normalized spacial score (nSPS) is 20.4. The number of methoxy groups -OCH3 is 1. The number of ether oxygens (including phenoxy) is 1. The number of hydrogen-bond donors (Lipinski definition) is 2. The maximum Gasteiger partial charge on any atom is 0.240 e. The fourth-order valence-electron chi connectivity index (χ4n) is 3.19. The molecule has 2 N–H and O–H groups in total. The largest absolute Gasteiger partial charge is 0.384 e. The van der Waals surface area contributed by atoms with Crippen LogP contribution < -0.4 is 10.0 Å². The summed E-state index contributed by atoms with van der Waals surface area (Å²) in [6.45, 7) is 3.29. The van der Waals surface area contributed by atoms with E-state index in [-0.39, 0.29) is 30.0 Å². The van der Waals surface area contributed by atoms with Gasteiger partial charge < -0.3 is 15.0 Å². The van der Waals surface area contributed by atoms with Crippen LogP contribution in [0.3, 0.4) is 0 Å². The van der Waals surface area contributed by atoms with Gasteiger partial charge in [0.15, 0.2) is 5.96 Å². The first-order valence-corrected chi connectivity index (χ1v) is 10.6. The van der Waals surface area contributed by atoms with Gasteiger partial charge in [-0.05, 0) is 37.0 Å². The van der Waals surface area contributed by atoms with Crippen molar-refractivity contribution >= 4 is 40.0 Å². The number of sulfonamides is 1. The van der Waals surface area contributed by atoms with E-state index in [1.807, 2.05) is 12.1 Å². The summed E-state index contributed by atoms with van der Waals surface area (Å²) in [5, 5.41) is 3.36. The summed E-state index contributed by atoms with van der Waals surface area (Å²) in [4.78, 5) is 6.92. The van der Waals surface area contributed by atoms with Gasteiger partial charge >= 0.3 is 0 Å². The van der Waals surface area contributed by atoms with E-state index in [0.717, 1.165) is 50.5 Å². The van der Waals surface area contributed by atoms with Gasteiger partial charge in [-0.1, -0.05) is 12.1 Å². The fourth-order valence-corrected chi connectivity index (χ4v) is 4.49. The summed E-state index contributed by atoms with van der Waals surface area (Å²) in [7, 11) is 0.130. The SMILES string of the molecule is CN=C(NCc1ccc(S(=O)(=O)NC2CC2)cc1)N1CCC(COC)C1.I. The molecule has 1 unspecified atom stereocenters. The molecule has 1 saturated carbocycles. The lowest BCUT2D eigenvalue weighted by Crippen LogP contribution is -2.39. The third-order valence-electron chi connectivity index (χ3n) is 4.78. The van der Waals surface area contributed by atoms with Gasteiger partial charge in [0, 0.05) is 45.8 Å². The van der Waals surface area contributed by atoms with E-state index < -0.39 is 10.0 Å². The number of halogens is 1. The Labute approximate surface area is 179 Å². The maximum atomic E-state index is 12.2. The Bertz CT molecular complexity index is 735. The molecule has 0 radical (unpaired) electrons. The van der Waals surface area contributed by atoms with Crippen LogP contribution in [0.15, 0.2) is 34.2 Å². The van der Waals surface area contributed by atoms with Crippen LogP contribution in [0.2, 0.25) is 0 Å². The fraction of sp³-hybridized carbons (Fsp3) is 0.611. The Morgan fingerprint density at radius 2 is 1.96 bits per heavy atom. The number of hydrogen-bond acceptors (Lipinski definition) is 4. The minimum absolute atomic E-state index is 0. The first-order chi connectivity index (χ1) is 12.5. The minimum atomic E-state index is -3.39. The number of rotatable bonds is 7. The van der Waals surface area contributed by atoms with E-state index in [9.17, 15) is 8.42 Å². The van der Waals surface area contributed by atoms with E-state index in [0.29, 0.717) is 17.4 Å². The molecule has 0 spiro atoms. The van der Waals surface area contributed by atoms with Crippen molar-refractivity contribution in [2.75, 3.05) is 33.9 Å². The molecule has 2 aliphatic rings. The molecule has 0 aromatic heterocycles. The third-order valence-corrected chi connectivity index (χ3v) is 6.32. The molecule has 1 heterocycles. The lowest BCUT2D eigenvalue weighted by atomic mass is 10.1. The van der Waals surface area contributed by atoms with E-state index in [2.05, 4.69) is 19.9 Å². The average Bonchev–Trinajstić information content (AvgIpc) is 3.31. The van der Waals surface area contributed by atoms with Crippen LogP contribution in [0.25, 0.3) is 0 Å². The van der Waals surface area contributed by atoms with Crippen molar-refractivity contribution in [1.82, 2.24) is 14.9 Å². The molecule has 0 amide bonds. The molecular weight excluding hydrogens is 479 g/mol. The zero-order chi connectivity index (χ0) is 18.6. The highest BCUT2D eigenvalue weighted by molar-refractivity contribution is 14.0. The Balaban J connectivity index is 0.00000261. The molecule has 1 aromatic carbocycles. The molecule has 2 fully saturated rings. The zero-order valence-electron chi connectivity index (χ0n) is 15.8. The topological polar surface area (TPSA) is 83.0 Å². The van der Waals surface area contributed by atoms with Crippen molar-refractivity contribution < 1.29 is 13.2 Å². The second-order valence-electron chi connectivity index (χ2n) is 7.00. The van der Waals surface area contributed by atoms with Gasteiger partial charge in [-0.2, -0.15) is 0 Å². The molecule has 1 atom stereocenters. The van der Waals surface area contributed by atoms with Gasteiger partial charge in [0.1, 0.15) is 0 Å². The molecule has 1 aliphatic heterocycles. The van der Waals surface area contributed by atoms with E-state index in [1.54, 1.807) is 26.3 Å². The Morgan fingerprint density at radius 3 is 2.56 bits per heavy atom. The van der Waals surface area contributed by atoms with Gasteiger partial charge in [0.05, 0.1) is 11.5 Å². The summed E-state index contributed by atoms with van der Waals surface area (Å²) >= 11 is 0. The van der Waals surface area contributed by atoms with Crippen LogP contribution in [0, 0.1) is 5.92 Å². The van der Waals surface area contributed by atoms with Gasteiger partial charge in [0.2, 0.25) is 10.0 Å². The summed E-state index contributed by atoms with van der Waals surface area (Å²) in [5.41, 5.74) is 1.02. The number of nitrogens with one attached hydrogen (secondary N) is 2.